The molecule has 1 unspecified atom stereocenters. The van der Waals surface area contributed by atoms with E-state index in [-0.39, 0.29) is 0 Å². The Balaban J connectivity index is 1.71. The van der Waals surface area contributed by atoms with Crippen LogP contribution in [0.25, 0.3) is 0 Å². The van der Waals surface area contributed by atoms with Gasteiger partial charge in [-0.15, -0.1) is 0 Å². The Hall–Kier alpha value is -1.26. The van der Waals surface area contributed by atoms with Crippen LogP contribution in [-0.4, -0.2) is 44.8 Å². The molecule has 2 aliphatic heterocycles. The van der Waals surface area contributed by atoms with Gasteiger partial charge in [0, 0.05) is 19.1 Å². The van der Waals surface area contributed by atoms with Crippen LogP contribution in [0.5, 0.6) is 11.5 Å². The van der Waals surface area contributed by atoms with E-state index in [2.05, 4.69) is 35.5 Å². The number of ether oxygens (including phenoxy) is 2. The predicted molar refractivity (Wildman–Crippen MR) is 79.5 cm³/mol. The Kier molecular flexibility index (Phi) is 4.13. The summed E-state index contributed by atoms with van der Waals surface area (Å²) in [5.41, 5.74) is 1.31. The highest BCUT2D eigenvalue weighted by Crippen LogP contribution is 2.33. The van der Waals surface area contributed by atoms with E-state index in [9.17, 15) is 0 Å². The number of piperidine rings is 1. The fraction of sp³-hybridized carbons (Fsp3) is 0.625. The van der Waals surface area contributed by atoms with Crippen LogP contribution in [0.15, 0.2) is 18.2 Å². The fourth-order valence-corrected chi connectivity index (χ4v) is 3.03. The summed E-state index contributed by atoms with van der Waals surface area (Å²) < 4.78 is 11.5. The molecule has 0 amide bonds. The maximum Gasteiger partial charge on any atom is 0.161 e. The van der Waals surface area contributed by atoms with Crippen molar-refractivity contribution in [2.24, 2.45) is 0 Å². The van der Waals surface area contributed by atoms with Crippen molar-refractivity contribution in [2.45, 2.75) is 31.4 Å². The number of hydrogen-bond acceptors (Lipinski definition) is 4. The molecule has 1 atom stereocenters. The smallest absolute Gasteiger partial charge is 0.161 e. The van der Waals surface area contributed by atoms with E-state index in [4.69, 9.17) is 9.47 Å². The molecular formula is C16H24N2O2. The normalized spacial score (nSPS) is 24.2. The summed E-state index contributed by atoms with van der Waals surface area (Å²) in [6, 6.07) is 6.81. The molecule has 4 nitrogen and oxygen atoms in total. The van der Waals surface area contributed by atoms with Crippen molar-refractivity contribution in [2.75, 3.05) is 33.8 Å². The van der Waals surface area contributed by atoms with Crippen molar-refractivity contribution in [1.82, 2.24) is 10.2 Å². The van der Waals surface area contributed by atoms with E-state index in [1.165, 1.54) is 24.8 Å². The van der Waals surface area contributed by atoms with E-state index >= 15 is 0 Å². The van der Waals surface area contributed by atoms with Crippen LogP contribution in [-0.2, 0) is 0 Å². The first-order valence-corrected chi connectivity index (χ1v) is 7.53. The molecule has 0 saturated carbocycles. The quantitative estimate of drug-likeness (QED) is 0.914. The molecule has 0 aliphatic carbocycles. The van der Waals surface area contributed by atoms with Gasteiger partial charge in [0.15, 0.2) is 11.5 Å². The van der Waals surface area contributed by atoms with Crippen molar-refractivity contribution in [3.8, 4) is 11.5 Å². The number of nitrogens with one attached hydrogen (secondary N) is 1. The van der Waals surface area contributed by atoms with Crippen molar-refractivity contribution in [3.63, 3.8) is 0 Å². The first-order valence-electron chi connectivity index (χ1n) is 7.53. The lowest BCUT2D eigenvalue weighted by Crippen LogP contribution is -2.51. The van der Waals surface area contributed by atoms with Gasteiger partial charge in [-0.2, -0.15) is 0 Å². The van der Waals surface area contributed by atoms with E-state index in [1.54, 1.807) is 7.11 Å². The van der Waals surface area contributed by atoms with E-state index < -0.39 is 0 Å². The lowest BCUT2D eigenvalue weighted by Gasteiger charge is -2.36. The van der Waals surface area contributed by atoms with Gasteiger partial charge < -0.3 is 14.8 Å². The Morgan fingerprint density at radius 3 is 2.70 bits per heavy atom. The lowest BCUT2D eigenvalue weighted by atomic mass is 9.97. The standard InChI is InChI=1S/C16H24N2O2/c1-18-10-13(11-18)20-15-7-6-12(9-16(15)19-2)14-5-3-4-8-17-14/h6-7,9,13-14,17H,3-5,8,10-11H2,1-2H3. The van der Waals surface area contributed by atoms with Gasteiger partial charge in [0.05, 0.1) is 7.11 Å². The number of benzene rings is 1. The predicted octanol–water partition coefficient (Wildman–Crippen LogP) is 2.20. The molecule has 0 bridgehead atoms. The third kappa shape index (κ3) is 2.91. The zero-order valence-electron chi connectivity index (χ0n) is 12.4. The molecule has 3 rings (SSSR count). The number of nitrogens with zero attached hydrogens (tertiary/aromatic N) is 1. The van der Waals surface area contributed by atoms with Crippen molar-refractivity contribution < 1.29 is 9.47 Å². The molecule has 2 aliphatic rings. The second-order valence-corrected chi connectivity index (χ2v) is 5.87. The monoisotopic (exact) mass is 276 g/mol. The molecule has 4 heteroatoms. The van der Waals surface area contributed by atoms with Crippen LogP contribution in [0.1, 0.15) is 30.9 Å². The van der Waals surface area contributed by atoms with Gasteiger partial charge in [-0.25, -0.2) is 0 Å². The molecule has 110 valence electrons. The SMILES string of the molecule is COc1cc(C2CCCCN2)ccc1OC1CN(C)C1. The first-order chi connectivity index (χ1) is 9.76. The van der Waals surface area contributed by atoms with Crippen LogP contribution < -0.4 is 14.8 Å². The summed E-state index contributed by atoms with van der Waals surface area (Å²) in [5, 5.41) is 3.57. The second kappa shape index (κ2) is 6.02. The van der Waals surface area contributed by atoms with Crippen LogP contribution >= 0.6 is 0 Å². The number of likely N-dealkylation sites (N-methyl/N-ethyl adjacent to an activating group) is 1. The Bertz CT molecular complexity index is 452. The van der Waals surface area contributed by atoms with Gasteiger partial charge in [-0.1, -0.05) is 12.5 Å². The average molecular weight is 276 g/mol. The molecule has 0 spiro atoms. The Morgan fingerprint density at radius 1 is 1.20 bits per heavy atom. The van der Waals surface area contributed by atoms with Crippen molar-refractivity contribution in [3.05, 3.63) is 23.8 Å². The Morgan fingerprint density at radius 2 is 2.05 bits per heavy atom. The summed E-state index contributed by atoms with van der Waals surface area (Å²) in [4.78, 5) is 2.25. The Labute approximate surface area is 121 Å². The van der Waals surface area contributed by atoms with Gasteiger partial charge in [-0.3, -0.25) is 4.90 Å². The minimum atomic E-state index is 0.299. The molecule has 1 aromatic carbocycles. The van der Waals surface area contributed by atoms with Crippen LogP contribution in [0, 0.1) is 0 Å². The number of methoxy groups -OCH3 is 1. The van der Waals surface area contributed by atoms with Gasteiger partial charge >= 0.3 is 0 Å². The largest absolute Gasteiger partial charge is 0.493 e. The molecule has 1 N–H and O–H groups in total. The van der Waals surface area contributed by atoms with E-state index in [0.29, 0.717) is 12.1 Å². The second-order valence-electron chi connectivity index (χ2n) is 5.87. The van der Waals surface area contributed by atoms with E-state index in [1.807, 2.05) is 0 Å². The third-order valence-corrected chi connectivity index (χ3v) is 4.22. The summed E-state index contributed by atoms with van der Waals surface area (Å²) in [7, 11) is 3.82. The van der Waals surface area contributed by atoms with Crippen LogP contribution in [0.3, 0.4) is 0 Å². The molecule has 0 aromatic heterocycles. The maximum atomic E-state index is 6.00. The number of rotatable bonds is 4. The molecule has 0 radical (unpaired) electrons. The molecule has 2 heterocycles. The van der Waals surface area contributed by atoms with Gasteiger partial charge in [0.25, 0.3) is 0 Å². The van der Waals surface area contributed by atoms with Crippen LogP contribution in [0.4, 0.5) is 0 Å². The summed E-state index contributed by atoms with van der Waals surface area (Å²) in [6.45, 7) is 3.10. The highest BCUT2D eigenvalue weighted by molar-refractivity contribution is 5.44. The molecule has 1 aromatic rings. The molecule has 20 heavy (non-hydrogen) atoms. The third-order valence-electron chi connectivity index (χ3n) is 4.22. The van der Waals surface area contributed by atoms with Crippen molar-refractivity contribution >= 4 is 0 Å². The zero-order valence-corrected chi connectivity index (χ0v) is 12.4. The lowest BCUT2D eigenvalue weighted by molar-refractivity contribution is 0.0369. The zero-order chi connectivity index (χ0) is 13.9. The highest BCUT2D eigenvalue weighted by Gasteiger charge is 2.26. The highest BCUT2D eigenvalue weighted by atomic mass is 16.5. The minimum Gasteiger partial charge on any atom is -0.493 e. The summed E-state index contributed by atoms with van der Waals surface area (Å²) >= 11 is 0. The van der Waals surface area contributed by atoms with Crippen LogP contribution in [0.2, 0.25) is 0 Å². The summed E-state index contributed by atoms with van der Waals surface area (Å²) in [6.07, 6.45) is 4.08. The van der Waals surface area contributed by atoms with Gasteiger partial charge in [0.2, 0.25) is 0 Å². The van der Waals surface area contributed by atoms with Gasteiger partial charge in [-0.05, 0) is 44.1 Å². The number of hydrogen-bond donors (Lipinski definition) is 1. The summed E-state index contributed by atoms with van der Waals surface area (Å²) in [5.74, 6) is 1.72. The average Bonchev–Trinajstić information content (AvgIpc) is 2.47. The van der Waals surface area contributed by atoms with E-state index in [0.717, 1.165) is 31.1 Å². The number of likely N-dealkylation sites (tertiary alicyclic amines) is 1. The molecule has 2 fully saturated rings. The molecular weight excluding hydrogens is 252 g/mol. The maximum absolute atomic E-state index is 6.00. The first kappa shape index (κ1) is 13.7. The topological polar surface area (TPSA) is 33.7 Å². The van der Waals surface area contributed by atoms with Crippen molar-refractivity contribution in [1.29, 1.82) is 0 Å². The minimum absolute atomic E-state index is 0.299. The van der Waals surface area contributed by atoms with Gasteiger partial charge in [0.1, 0.15) is 6.10 Å². The molecule has 2 saturated heterocycles. The fourth-order valence-electron chi connectivity index (χ4n) is 3.03.